The first kappa shape index (κ1) is 14.7. The maximum absolute atomic E-state index is 12.2. The van der Waals surface area contributed by atoms with E-state index in [9.17, 15) is 4.79 Å². The summed E-state index contributed by atoms with van der Waals surface area (Å²) in [5.74, 6) is 1.13. The highest BCUT2D eigenvalue weighted by Crippen LogP contribution is 2.30. The molecular formula is C15H22N2O3. The zero-order valence-electron chi connectivity index (χ0n) is 11.8. The molecule has 0 saturated carbocycles. The van der Waals surface area contributed by atoms with E-state index in [1.165, 1.54) is 0 Å². The normalized spacial score (nSPS) is 18.4. The summed E-state index contributed by atoms with van der Waals surface area (Å²) in [6.45, 7) is 2.79. The molecule has 0 aromatic heterocycles. The van der Waals surface area contributed by atoms with Gasteiger partial charge in [-0.15, -0.1) is 0 Å². The van der Waals surface area contributed by atoms with Gasteiger partial charge in [0.1, 0.15) is 6.61 Å². The van der Waals surface area contributed by atoms with Crippen LogP contribution in [0.2, 0.25) is 0 Å². The monoisotopic (exact) mass is 278 g/mol. The standard InChI is InChI=1S/C15H22N2O3/c1-2-3-6-11(9-16)17-15(18)14-10-19-12-7-4-5-8-13(12)20-14/h4-5,7-8,11,14H,2-3,6,9-10,16H2,1H3,(H,17,18). The summed E-state index contributed by atoms with van der Waals surface area (Å²) in [7, 11) is 0. The van der Waals surface area contributed by atoms with Gasteiger partial charge in [0, 0.05) is 12.6 Å². The van der Waals surface area contributed by atoms with E-state index in [1.54, 1.807) is 6.07 Å². The predicted molar refractivity (Wildman–Crippen MR) is 76.9 cm³/mol. The van der Waals surface area contributed by atoms with Crippen LogP contribution in [0.15, 0.2) is 24.3 Å². The van der Waals surface area contributed by atoms with Crippen LogP contribution in [-0.2, 0) is 4.79 Å². The van der Waals surface area contributed by atoms with Gasteiger partial charge in [-0.05, 0) is 18.6 Å². The molecule has 1 aliphatic rings. The molecule has 1 heterocycles. The van der Waals surface area contributed by atoms with Crippen molar-refractivity contribution in [3.63, 3.8) is 0 Å². The van der Waals surface area contributed by atoms with Crippen molar-refractivity contribution in [2.45, 2.75) is 38.3 Å². The van der Waals surface area contributed by atoms with Gasteiger partial charge < -0.3 is 20.5 Å². The van der Waals surface area contributed by atoms with Crippen LogP contribution >= 0.6 is 0 Å². The van der Waals surface area contributed by atoms with Crippen LogP contribution in [0.5, 0.6) is 11.5 Å². The Balaban J connectivity index is 1.90. The van der Waals surface area contributed by atoms with Crippen LogP contribution in [0.4, 0.5) is 0 Å². The van der Waals surface area contributed by atoms with Crippen molar-refractivity contribution in [3.8, 4) is 11.5 Å². The first-order valence-electron chi connectivity index (χ1n) is 7.13. The second-order valence-corrected chi connectivity index (χ2v) is 4.95. The van der Waals surface area contributed by atoms with Gasteiger partial charge in [-0.25, -0.2) is 0 Å². The Hall–Kier alpha value is -1.75. The van der Waals surface area contributed by atoms with E-state index in [0.717, 1.165) is 19.3 Å². The van der Waals surface area contributed by atoms with Crippen LogP contribution in [0, 0.1) is 0 Å². The third-order valence-electron chi connectivity index (χ3n) is 3.34. The molecule has 20 heavy (non-hydrogen) atoms. The van der Waals surface area contributed by atoms with Gasteiger partial charge in [-0.1, -0.05) is 31.9 Å². The zero-order chi connectivity index (χ0) is 14.4. The van der Waals surface area contributed by atoms with E-state index in [4.69, 9.17) is 15.2 Å². The van der Waals surface area contributed by atoms with Gasteiger partial charge >= 0.3 is 0 Å². The summed E-state index contributed by atoms with van der Waals surface area (Å²) in [6.07, 6.45) is 2.42. The highest BCUT2D eigenvalue weighted by Gasteiger charge is 2.28. The predicted octanol–water partition coefficient (Wildman–Crippen LogP) is 1.46. The summed E-state index contributed by atoms with van der Waals surface area (Å²) in [5.41, 5.74) is 5.68. The summed E-state index contributed by atoms with van der Waals surface area (Å²) in [5, 5.41) is 2.93. The zero-order valence-corrected chi connectivity index (χ0v) is 11.8. The van der Waals surface area contributed by atoms with Crippen molar-refractivity contribution in [3.05, 3.63) is 24.3 Å². The molecule has 2 unspecified atom stereocenters. The van der Waals surface area contributed by atoms with E-state index < -0.39 is 6.10 Å². The molecule has 0 aliphatic carbocycles. The molecule has 1 aliphatic heterocycles. The Morgan fingerprint density at radius 1 is 1.45 bits per heavy atom. The van der Waals surface area contributed by atoms with Gasteiger partial charge in [0.05, 0.1) is 0 Å². The second kappa shape index (κ2) is 7.14. The Morgan fingerprint density at radius 2 is 2.20 bits per heavy atom. The Kier molecular flexibility index (Phi) is 5.24. The summed E-state index contributed by atoms with van der Waals surface area (Å²) in [4.78, 5) is 12.2. The molecule has 5 heteroatoms. The van der Waals surface area contributed by atoms with Gasteiger partial charge in [0.2, 0.25) is 6.10 Å². The lowest BCUT2D eigenvalue weighted by atomic mass is 10.1. The fraction of sp³-hybridized carbons (Fsp3) is 0.533. The fourth-order valence-corrected chi connectivity index (χ4v) is 2.14. The Bertz CT molecular complexity index is 450. The van der Waals surface area contributed by atoms with Crippen molar-refractivity contribution in [2.75, 3.05) is 13.2 Å². The molecule has 0 saturated heterocycles. The molecule has 0 fully saturated rings. The highest BCUT2D eigenvalue weighted by atomic mass is 16.6. The number of fused-ring (bicyclic) bond motifs is 1. The molecule has 0 bridgehead atoms. The molecule has 5 nitrogen and oxygen atoms in total. The molecule has 1 amide bonds. The lowest BCUT2D eigenvalue weighted by Gasteiger charge is -2.27. The van der Waals surface area contributed by atoms with E-state index >= 15 is 0 Å². The lowest BCUT2D eigenvalue weighted by molar-refractivity contribution is -0.131. The van der Waals surface area contributed by atoms with Gasteiger partial charge in [-0.3, -0.25) is 4.79 Å². The minimum Gasteiger partial charge on any atom is -0.485 e. The van der Waals surface area contributed by atoms with Crippen molar-refractivity contribution in [1.82, 2.24) is 5.32 Å². The maximum Gasteiger partial charge on any atom is 0.264 e. The van der Waals surface area contributed by atoms with Crippen molar-refractivity contribution in [1.29, 1.82) is 0 Å². The SMILES string of the molecule is CCCCC(CN)NC(=O)C1COc2ccccc2O1. The smallest absolute Gasteiger partial charge is 0.264 e. The fourth-order valence-electron chi connectivity index (χ4n) is 2.14. The number of rotatable bonds is 6. The molecule has 1 aromatic rings. The van der Waals surface area contributed by atoms with E-state index in [0.29, 0.717) is 18.0 Å². The van der Waals surface area contributed by atoms with Crippen LogP contribution in [0.25, 0.3) is 0 Å². The van der Waals surface area contributed by atoms with Gasteiger partial charge in [0.15, 0.2) is 11.5 Å². The number of carbonyl (C=O) groups excluding carboxylic acids is 1. The third-order valence-corrected chi connectivity index (χ3v) is 3.34. The number of amides is 1. The van der Waals surface area contributed by atoms with Crippen LogP contribution < -0.4 is 20.5 Å². The number of benzene rings is 1. The van der Waals surface area contributed by atoms with Crippen LogP contribution in [-0.4, -0.2) is 31.2 Å². The summed E-state index contributed by atoms with van der Waals surface area (Å²) < 4.78 is 11.2. The van der Waals surface area contributed by atoms with Crippen LogP contribution in [0.3, 0.4) is 0 Å². The molecule has 110 valence electrons. The van der Waals surface area contributed by atoms with Crippen molar-refractivity contribution in [2.24, 2.45) is 5.73 Å². The number of carbonyl (C=O) groups is 1. The Morgan fingerprint density at radius 3 is 2.90 bits per heavy atom. The van der Waals surface area contributed by atoms with E-state index in [-0.39, 0.29) is 18.6 Å². The topological polar surface area (TPSA) is 73.6 Å². The summed E-state index contributed by atoms with van der Waals surface area (Å²) >= 11 is 0. The highest BCUT2D eigenvalue weighted by molar-refractivity contribution is 5.82. The third kappa shape index (κ3) is 3.63. The Labute approximate surface area is 119 Å². The molecule has 2 atom stereocenters. The maximum atomic E-state index is 12.2. The van der Waals surface area contributed by atoms with E-state index in [2.05, 4.69) is 12.2 Å². The minimum atomic E-state index is -0.611. The minimum absolute atomic E-state index is 0.00298. The number of hydrogen-bond donors (Lipinski definition) is 2. The molecule has 0 spiro atoms. The number of nitrogens with two attached hydrogens (primary N) is 1. The van der Waals surface area contributed by atoms with Crippen LogP contribution in [0.1, 0.15) is 26.2 Å². The number of unbranched alkanes of at least 4 members (excludes halogenated alkanes) is 1. The van der Waals surface area contributed by atoms with E-state index in [1.807, 2.05) is 18.2 Å². The summed E-state index contributed by atoms with van der Waals surface area (Å²) in [6, 6.07) is 7.35. The quantitative estimate of drug-likeness (QED) is 0.826. The number of para-hydroxylation sites is 2. The molecule has 2 rings (SSSR count). The first-order valence-corrected chi connectivity index (χ1v) is 7.13. The molecule has 3 N–H and O–H groups in total. The first-order chi connectivity index (χ1) is 9.74. The number of hydrogen-bond acceptors (Lipinski definition) is 4. The van der Waals surface area contributed by atoms with Gasteiger partial charge in [0.25, 0.3) is 5.91 Å². The largest absolute Gasteiger partial charge is 0.485 e. The van der Waals surface area contributed by atoms with Gasteiger partial charge in [-0.2, -0.15) is 0 Å². The molecule has 0 radical (unpaired) electrons. The average molecular weight is 278 g/mol. The molecule has 1 aromatic carbocycles. The number of ether oxygens (including phenoxy) is 2. The average Bonchev–Trinajstić information content (AvgIpc) is 2.50. The number of nitrogens with one attached hydrogen (secondary N) is 1. The molecular weight excluding hydrogens is 256 g/mol. The lowest BCUT2D eigenvalue weighted by Crippen LogP contribution is -2.49. The van der Waals surface area contributed by atoms with Crippen molar-refractivity contribution >= 4 is 5.91 Å². The second-order valence-electron chi connectivity index (χ2n) is 4.95. The van der Waals surface area contributed by atoms with Crippen molar-refractivity contribution < 1.29 is 14.3 Å².